The summed E-state index contributed by atoms with van der Waals surface area (Å²) in [5.74, 6) is 0.481. The molecule has 0 N–H and O–H groups in total. The molecular weight excluding hydrogens is 228 g/mol. The highest BCUT2D eigenvalue weighted by Gasteiger charge is 2.18. The summed E-state index contributed by atoms with van der Waals surface area (Å²) >= 11 is 0. The summed E-state index contributed by atoms with van der Waals surface area (Å²) in [6.45, 7) is 18.2. The molecule has 1 aliphatic rings. The average molecular weight is 252 g/mol. The molecule has 0 heterocycles. The van der Waals surface area contributed by atoms with Crippen LogP contribution in [0.4, 0.5) is 0 Å². The summed E-state index contributed by atoms with van der Waals surface area (Å²) < 4.78 is 0. The highest BCUT2D eigenvalue weighted by atomic mass is 14.2. The third-order valence-corrected chi connectivity index (χ3v) is 3.39. The van der Waals surface area contributed by atoms with Crippen LogP contribution in [0, 0.1) is 5.92 Å². The maximum absolute atomic E-state index is 3.96. The summed E-state index contributed by atoms with van der Waals surface area (Å²) in [5.41, 5.74) is 6.30. The molecule has 0 aromatic carbocycles. The Morgan fingerprint density at radius 2 is 1.74 bits per heavy atom. The third kappa shape index (κ3) is 3.35. The van der Waals surface area contributed by atoms with Crippen molar-refractivity contribution >= 4 is 0 Å². The van der Waals surface area contributed by atoms with Crippen molar-refractivity contribution < 1.29 is 0 Å². The SMILES string of the molecule is C=CC1=C(/C=C\C)C(C=C)=C(/C=C(\C=C)C(C)C)C1. The molecule has 0 heteroatoms. The molecule has 1 rings (SSSR count). The molecule has 0 saturated heterocycles. The lowest BCUT2D eigenvalue weighted by Gasteiger charge is -2.08. The highest BCUT2D eigenvalue weighted by molar-refractivity contribution is 5.62. The molecule has 1 aliphatic carbocycles. The van der Waals surface area contributed by atoms with Crippen LogP contribution in [0.15, 0.2) is 84.1 Å². The van der Waals surface area contributed by atoms with Crippen LogP contribution in [-0.4, -0.2) is 0 Å². The maximum atomic E-state index is 3.96. The van der Waals surface area contributed by atoms with E-state index in [1.165, 1.54) is 27.9 Å². The fraction of sp³-hybridized carbons (Fsp3) is 0.263. The van der Waals surface area contributed by atoms with Crippen molar-refractivity contribution in [2.24, 2.45) is 5.92 Å². The minimum absolute atomic E-state index is 0.481. The quantitative estimate of drug-likeness (QED) is 0.532. The Morgan fingerprint density at radius 1 is 1.05 bits per heavy atom. The van der Waals surface area contributed by atoms with E-state index in [9.17, 15) is 0 Å². The summed E-state index contributed by atoms with van der Waals surface area (Å²) in [7, 11) is 0. The molecule has 0 atom stereocenters. The van der Waals surface area contributed by atoms with E-state index in [0.29, 0.717) is 5.92 Å². The van der Waals surface area contributed by atoms with Gasteiger partial charge in [-0.15, -0.1) is 0 Å². The minimum atomic E-state index is 0.481. The number of hydrogen-bond donors (Lipinski definition) is 0. The second kappa shape index (κ2) is 6.94. The summed E-state index contributed by atoms with van der Waals surface area (Å²) in [6.07, 6.45) is 13.2. The third-order valence-electron chi connectivity index (χ3n) is 3.39. The van der Waals surface area contributed by atoms with Gasteiger partial charge in [0, 0.05) is 0 Å². The molecule has 0 radical (unpaired) electrons. The predicted octanol–water partition coefficient (Wildman–Crippen LogP) is 5.70. The van der Waals surface area contributed by atoms with Gasteiger partial charge in [0.05, 0.1) is 0 Å². The highest BCUT2D eigenvalue weighted by Crippen LogP contribution is 2.36. The van der Waals surface area contributed by atoms with Gasteiger partial charge in [0.25, 0.3) is 0 Å². The van der Waals surface area contributed by atoms with Crippen molar-refractivity contribution in [3.63, 3.8) is 0 Å². The van der Waals surface area contributed by atoms with Gasteiger partial charge in [-0.2, -0.15) is 0 Å². The van der Waals surface area contributed by atoms with Crippen LogP contribution in [0.2, 0.25) is 0 Å². The van der Waals surface area contributed by atoms with Crippen molar-refractivity contribution in [2.75, 3.05) is 0 Å². The van der Waals surface area contributed by atoms with Gasteiger partial charge in [0.15, 0.2) is 0 Å². The molecular formula is C19H24. The van der Waals surface area contributed by atoms with Crippen LogP contribution >= 0.6 is 0 Å². The molecule has 0 aromatic heterocycles. The lowest BCUT2D eigenvalue weighted by atomic mass is 9.97. The molecule has 0 spiro atoms. The largest absolute Gasteiger partial charge is 0.0988 e. The molecule has 0 bridgehead atoms. The van der Waals surface area contributed by atoms with Crippen LogP contribution < -0.4 is 0 Å². The average Bonchev–Trinajstić information content (AvgIpc) is 2.73. The molecule has 0 aliphatic heterocycles. The molecule has 0 unspecified atom stereocenters. The molecule has 0 aromatic rings. The van der Waals surface area contributed by atoms with Gasteiger partial charge >= 0.3 is 0 Å². The van der Waals surface area contributed by atoms with Crippen molar-refractivity contribution in [1.29, 1.82) is 0 Å². The first-order valence-corrected chi connectivity index (χ1v) is 6.77. The lowest BCUT2D eigenvalue weighted by Crippen LogP contribution is -1.92. The smallest absolute Gasteiger partial charge is 0.00136 e. The fourth-order valence-electron chi connectivity index (χ4n) is 2.32. The van der Waals surface area contributed by atoms with E-state index in [4.69, 9.17) is 0 Å². The zero-order valence-electron chi connectivity index (χ0n) is 12.4. The lowest BCUT2D eigenvalue weighted by molar-refractivity contribution is 0.790. The van der Waals surface area contributed by atoms with E-state index in [0.717, 1.165) is 6.42 Å². The van der Waals surface area contributed by atoms with Crippen LogP contribution in [0.5, 0.6) is 0 Å². The van der Waals surface area contributed by atoms with Crippen LogP contribution in [0.3, 0.4) is 0 Å². The van der Waals surface area contributed by atoms with E-state index >= 15 is 0 Å². The van der Waals surface area contributed by atoms with Crippen LogP contribution in [0.1, 0.15) is 27.2 Å². The first-order chi connectivity index (χ1) is 9.08. The molecule has 0 amide bonds. The van der Waals surface area contributed by atoms with Crippen molar-refractivity contribution in [3.8, 4) is 0 Å². The van der Waals surface area contributed by atoms with E-state index in [-0.39, 0.29) is 0 Å². The maximum Gasteiger partial charge on any atom is -0.00136 e. The number of allylic oxidation sites excluding steroid dienone is 11. The van der Waals surface area contributed by atoms with Gasteiger partial charge in [0.2, 0.25) is 0 Å². The number of hydrogen-bond acceptors (Lipinski definition) is 0. The Hall–Kier alpha value is -1.82. The molecule has 0 nitrogen and oxygen atoms in total. The zero-order valence-corrected chi connectivity index (χ0v) is 12.4. The van der Waals surface area contributed by atoms with Crippen molar-refractivity contribution in [1.82, 2.24) is 0 Å². The Morgan fingerprint density at radius 3 is 2.16 bits per heavy atom. The van der Waals surface area contributed by atoms with Gasteiger partial charge < -0.3 is 0 Å². The second-order valence-electron chi connectivity index (χ2n) is 4.97. The van der Waals surface area contributed by atoms with Crippen molar-refractivity contribution in [3.05, 3.63) is 84.1 Å². The molecule has 0 fully saturated rings. The Labute approximate surface area is 117 Å². The molecule has 0 saturated carbocycles. The van der Waals surface area contributed by atoms with Gasteiger partial charge in [-0.05, 0) is 47.1 Å². The number of rotatable bonds is 6. The van der Waals surface area contributed by atoms with E-state index in [1.807, 2.05) is 25.2 Å². The van der Waals surface area contributed by atoms with Gasteiger partial charge in [0.1, 0.15) is 0 Å². The van der Waals surface area contributed by atoms with Gasteiger partial charge in [-0.25, -0.2) is 0 Å². The van der Waals surface area contributed by atoms with E-state index in [1.54, 1.807) is 0 Å². The topological polar surface area (TPSA) is 0 Å². The standard InChI is InChI=1S/C19H24/c1-7-11-19-16(9-3)13-17(18(19)10-4)12-15(8-2)14(5)6/h7-12,14H,2-4,13H2,1,5-6H3/b11-7-,15-12+. The summed E-state index contributed by atoms with van der Waals surface area (Å²) in [6, 6.07) is 0. The van der Waals surface area contributed by atoms with E-state index in [2.05, 4.69) is 51.8 Å². The minimum Gasteiger partial charge on any atom is -0.0988 e. The first-order valence-electron chi connectivity index (χ1n) is 6.77. The molecule has 19 heavy (non-hydrogen) atoms. The summed E-state index contributed by atoms with van der Waals surface area (Å²) in [4.78, 5) is 0. The van der Waals surface area contributed by atoms with Crippen molar-refractivity contribution in [2.45, 2.75) is 27.2 Å². The zero-order chi connectivity index (χ0) is 14.4. The monoisotopic (exact) mass is 252 g/mol. The Bertz CT molecular complexity index is 502. The van der Waals surface area contributed by atoms with Crippen LogP contribution in [-0.2, 0) is 0 Å². The van der Waals surface area contributed by atoms with E-state index < -0.39 is 0 Å². The van der Waals surface area contributed by atoms with Gasteiger partial charge in [-0.1, -0.05) is 70.0 Å². The Kier molecular flexibility index (Phi) is 5.57. The Balaban J connectivity index is 3.30. The fourth-order valence-corrected chi connectivity index (χ4v) is 2.32. The normalized spacial score (nSPS) is 16.7. The van der Waals surface area contributed by atoms with Crippen LogP contribution in [0.25, 0.3) is 0 Å². The molecule has 100 valence electrons. The van der Waals surface area contributed by atoms with Gasteiger partial charge in [-0.3, -0.25) is 0 Å². The first kappa shape index (κ1) is 15.2. The summed E-state index contributed by atoms with van der Waals surface area (Å²) in [5, 5.41) is 0. The second-order valence-corrected chi connectivity index (χ2v) is 4.97. The predicted molar refractivity (Wildman–Crippen MR) is 87.0 cm³/mol.